The number of nitrogens with two attached hydrogens (primary N) is 1. The number of nitrogen functional groups attached to an aromatic ring is 1. The van der Waals surface area contributed by atoms with Gasteiger partial charge in [0.15, 0.2) is 0 Å². The van der Waals surface area contributed by atoms with Crippen molar-refractivity contribution < 1.29 is 5.11 Å². The van der Waals surface area contributed by atoms with Crippen molar-refractivity contribution in [2.45, 2.75) is 48.5 Å². The van der Waals surface area contributed by atoms with Gasteiger partial charge in [0, 0.05) is 0 Å². The normalized spacial score (nSPS) is 22.2. The molecule has 4 heterocycles. The molecule has 6 rings (SSSR count). The minimum absolute atomic E-state index is 0.0751. The molecule has 1 unspecified atom stereocenters. The number of fused-ring (bicyclic) bond motifs is 2. The molecule has 0 radical (unpaired) electrons. The first-order valence-electron chi connectivity index (χ1n) is 11.5. The monoisotopic (exact) mass is 448 g/mol. The van der Waals surface area contributed by atoms with E-state index in [0.717, 1.165) is 73.9 Å². The van der Waals surface area contributed by atoms with Crippen molar-refractivity contribution in [3.05, 3.63) is 41.7 Å². The molecule has 1 atom stereocenters. The quantitative estimate of drug-likeness (QED) is 0.410. The fraction of sp³-hybridized carbons (Fsp3) is 0.478. The molecule has 2 fully saturated rings. The number of hydrogen-bond donors (Lipinski definition) is 3. The van der Waals surface area contributed by atoms with Crippen molar-refractivity contribution in [1.82, 2.24) is 14.6 Å². The van der Waals surface area contributed by atoms with Crippen LogP contribution in [0.4, 0.5) is 11.8 Å². The van der Waals surface area contributed by atoms with E-state index >= 15 is 0 Å². The van der Waals surface area contributed by atoms with Crippen LogP contribution in [0.25, 0.3) is 10.9 Å². The first-order chi connectivity index (χ1) is 15.6. The van der Waals surface area contributed by atoms with Crippen LogP contribution in [0.15, 0.2) is 35.4 Å². The van der Waals surface area contributed by atoms with Gasteiger partial charge in [-0.1, -0.05) is 12.1 Å². The fourth-order valence-corrected chi connectivity index (χ4v) is 6.67. The second-order valence-electron chi connectivity index (χ2n) is 9.43. The van der Waals surface area contributed by atoms with Gasteiger partial charge < -0.3 is 5.84 Å². The first kappa shape index (κ1) is 20.2. The number of rotatable bonds is 5. The van der Waals surface area contributed by atoms with Crippen molar-refractivity contribution in [3.8, 4) is 0 Å². The number of aliphatic hydroxyl groups is 1. The summed E-state index contributed by atoms with van der Waals surface area (Å²) >= 11 is 0. The Labute approximate surface area is 191 Å². The number of anilines is 2. The molecule has 3 aromatic rings. The van der Waals surface area contributed by atoms with Gasteiger partial charge in [-0.25, -0.2) is 0 Å². The zero-order valence-electron chi connectivity index (χ0n) is 18.3. The number of aromatic nitrogens is 3. The van der Waals surface area contributed by atoms with Crippen molar-refractivity contribution in [3.63, 3.8) is 0 Å². The molecule has 32 heavy (non-hydrogen) atoms. The summed E-state index contributed by atoms with van der Waals surface area (Å²) in [5.74, 6) is 9.46. The molecule has 0 amide bonds. The summed E-state index contributed by atoms with van der Waals surface area (Å²) in [6, 6.07) is 8.38. The van der Waals surface area contributed by atoms with E-state index in [9.17, 15) is 5.11 Å². The zero-order chi connectivity index (χ0) is 21.9. The molecular formula is C23H29BN6OS. The fourth-order valence-electron chi connectivity index (χ4n) is 5.18. The molecular weight excluding hydrogens is 419 g/mol. The van der Waals surface area contributed by atoms with Crippen molar-refractivity contribution in [2.75, 3.05) is 41.5 Å². The van der Waals surface area contributed by atoms with Crippen LogP contribution in [0.3, 0.4) is 0 Å². The zero-order valence-corrected chi connectivity index (χ0v) is 19.1. The van der Waals surface area contributed by atoms with Gasteiger partial charge in [0.1, 0.15) is 0 Å². The van der Waals surface area contributed by atoms with Crippen LogP contribution in [0, 0.1) is 0 Å². The molecule has 2 aromatic heterocycles. The van der Waals surface area contributed by atoms with Gasteiger partial charge in [-0.05, 0) is 6.07 Å². The molecule has 2 aliphatic heterocycles. The Hall–Kier alpha value is -2.39. The molecule has 4 N–H and O–H groups in total. The number of nitrogens with one attached hydrogen (secondary N) is 1. The summed E-state index contributed by atoms with van der Waals surface area (Å²) in [5.41, 5.74) is 3.37. The molecule has 0 spiro atoms. The molecule has 0 bridgehead atoms. The third-order valence-corrected chi connectivity index (χ3v) is 9.03. The summed E-state index contributed by atoms with van der Waals surface area (Å²) in [4.78, 5) is 13.5. The van der Waals surface area contributed by atoms with Gasteiger partial charge in [-0.3, -0.25) is 0 Å². The Balaban J connectivity index is 1.25. The minimum atomic E-state index is -0.199. The van der Waals surface area contributed by atoms with E-state index < -0.39 is 0 Å². The van der Waals surface area contributed by atoms with E-state index in [-0.39, 0.29) is 22.5 Å². The van der Waals surface area contributed by atoms with E-state index in [1.807, 2.05) is 6.07 Å². The van der Waals surface area contributed by atoms with E-state index in [1.54, 1.807) is 4.68 Å². The van der Waals surface area contributed by atoms with Gasteiger partial charge in [-0.2, -0.15) is 0 Å². The number of nitrogens with zero attached hydrogens (tertiary/aromatic N) is 4. The SMILES string of the molecule is B=S1CCc2nc(N3CCC(c4cn(N)c5ccccc45)CC3)nc(NC3(CO)CC3)c21. The number of piperidine rings is 1. The van der Waals surface area contributed by atoms with Crippen molar-refractivity contribution in [1.29, 1.82) is 0 Å². The van der Waals surface area contributed by atoms with E-state index in [0.29, 0.717) is 5.92 Å². The van der Waals surface area contributed by atoms with E-state index in [1.165, 1.54) is 15.8 Å². The van der Waals surface area contributed by atoms with Gasteiger partial charge in [-0.15, -0.1) is 0 Å². The topological polar surface area (TPSA) is 92.2 Å². The molecule has 7 nitrogen and oxygen atoms in total. The second-order valence-corrected chi connectivity index (χ2v) is 11.2. The van der Waals surface area contributed by atoms with Crippen LogP contribution in [0.5, 0.6) is 0 Å². The molecule has 1 aromatic carbocycles. The first-order valence-corrected chi connectivity index (χ1v) is 13.0. The van der Waals surface area contributed by atoms with Crippen LogP contribution in [0.1, 0.15) is 42.9 Å². The Kier molecular flexibility index (Phi) is 4.80. The molecule has 9 heteroatoms. The third-order valence-electron chi connectivity index (χ3n) is 7.33. The maximum absolute atomic E-state index is 9.82. The second kappa shape index (κ2) is 7.59. The molecule has 1 saturated carbocycles. The number of para-hydroxylation sites is 1. The summed E-state index contributed by atoms with van der Waals surface area (Å²) in [5, 5.41) is 14.7. The Morgan fingerprint density at radius 2 is 2.00 bits per heavy atom. The van der Waals surface area contributed by atoms with Crippen molar-refractivity contribution in [2.24, 2.45) is 0 Å². The van der Waals surface area contributed by atoms with Crippen LogP contribution in [0.2, 0.25) is 0 Å². The predicted molar refractivity (Wildman–Crippen MR) is 133 cm³/mol. The van der Waals surface area contributed by atoms with Gasteiger partial charge in [0.25, 0.3) is 0 Å². The summed E-state index contributed by atoms with van der Waals surface area (Å²) in [6.45, 7) is 6.34. The standard InChI is InChI=1S/C23H29BN6OS/c24-32-12-7-18-20(32)21(28-23(14-31)8-9-23)27-22(26-18)29-10-5-15(6-11-29)17-13-30(25)19-4-2-1-3-16(17)19/h1-4,13,15,24,31H,5-12,14,25H2,(H,26,27,28). The maximum atomic E-state index is 9.82. The number of aliphatic hydroxyl groups excluding tert-OH is 1. The third kappa shape index (κ3) is 3.33. The number of hydrogen-bond acceptors (Lipinski definition) is 6. The summed E-state index contributed by atoms with van der Waals surface area (Å²) < 4.78 is 1.75. The molecule has 1 saturated heterocycles. The van der Waals surface area contributed by atoms with Gasteiger partial charge in [0.2, 0.25) is 0 Å². The van der Waals surface area contributed by atoms with Crippen LogP contribution < -0.4 is 16.1 Å². The Bertz CT molecular complexity index is 1210. The molecule has 1 aliphatic carbocycles. The molecule has 166 valence electrons. The summed E-state index contributed by atoms with van der Waals surface area (Å²) in [7, 11) is -0.0751. The number of aryl methyl sites for hydroxylation is 1. The molecule has 3 aliphatic rings. The van der Waals surface area contributed by atoms with E-state index in [2.05, 4.69) is 41.3 Å². The average molecular weight is 448 g/mol. The average Bonchev–Trinajstić information content (AvgIpc) is 3.38. The van der Waals surface area contributed by atoms with Crippen LogP contribution in [-0.4, -0.2) is 57.5 Å². The van der Waals surface area contributed by atoms with Gasteiger partial charge >= 0.3 is 167 Å². The Morgan fingerprint density at radius 3 is 2.75 bits per heavy atom. The summed E-state index contributed by atoms with van der Waals surface area (Å²) in [6.07, 6.45) is 7.14. The van der Waals surface area contributed by atoms with Gasteiger partial charge in [0.05, 0.1) is 0 Å². The van der Waals surface area contributed by atoms with E-state index in [4.69, 9.17) is 15.8 Å². The predicted octanol–water partition coefficient (Wildman–Crippen LogP) is 2.47. The Morgan fingerprint density at radius 1 is 1.22 bits per heavy atom. The van der Waals surface area contributed by atoms with Crippen LogP contribution >= 0.6 is 10.3 Å². The number of benzene rings is 1. The van der Waals surface area contributed by atoms with Crippen molar-refractivity contribution >= 4 is 39.7 Å². The van der Waals surface area contributed by atoms with Crippen LogP contribution in [-0.2, 0) is 6.42 Å².